The molecular weight excluding hydrogens is 718 g/mol. The molecule has 0 fully saturated rings. The fourth-order valence-electron chi connectivity index (χ4n) is 5.74. The Kier molecular flexibility index (Phi) is 16.3. The molecule has 3 aromatic rings. The maximum Gasteiger partial charge on any atom is 0.407 e. The highest BCUT2D eigenvalue weighted by Crippen LogP contribution is 2.23. The molecule has 0 saturated heterocycles. The summed E-state index contributed by atoms with van der Waals surface area (Å²) in [6.07, 6.45) is -0.811. The molecule has 0 aliphatic rings. The monoisotopic (exact) mass is 775 g/mol. The number of aromatic nitrogens is 1. The number of nitrogens with zero attached hydrogens (tertiary/aromatic N) is 2. The summed E-state index contributed by atoms with van der Waals surface area (Å²) in [5, 5.41) is 9.83. The van der Waals surface area contributed by atoms with E-state index in [1.165, 1.54) is 21.1 Å². The van der Waals surface area contributed by atoms with Crippen LogP contribution in [-0.2, 0) is 41.6 Å². The number of hydrogen-bond acceptors (Lipinski definition) is 11. The van der Waals surface area contributed by atoms with Crippen molar-refractivity contribution in [1.82, 2.24) is 31.4 Å². The van der Waals surface area contributed by atoms with E-state index in [0.717, 1.165) is 22.4 Å². The van der Waals surface area contributed by atoms with Gasteiger partial charge in [-0.25, -0.2) is 14.6 Å². The molecule has 6 N–H and O–H groups in total. The number of nitrogens with one attached hydrogen (secondary N) is 4. The Hall–Kier alpha value is -5.54. The summed E-state index contributed by atoms with van der Waals surface area (Å²) in [6.45, 7) is 12.2. The van der Waals surface area contributed by atoms with Gasteiger partial charge in [0, 0.05) is 18.3 Å². The lowest BCUT2D eigenvalue weighted by atomic mass is 9.85. The van der Waals surface area contributed by atoms with Crippen molar-refractivity contribution in [3.05, 3.63) is 90.1 Å². The zero-order valence-electron chi connectivity index (χ0n) is 33.8. The van der Waals surface area contributed by atoms with Gasteiger partial charge in [0.2, 0.25) is 5.91 Å². The third-order valence-corrected chi connectivity index (χ3v) is 8.82. The van der Waals surface area contributed by atoms with E-state index >= 15 is 0 Å². The number of hydrogen-bond donors (Lipinski definition) is 5. The van der Waals surface area contributed by atoms with E-state index in [1.54, 1.807) is 52.7 Å². The summed E-state index contributed by atoms with van der Waals surface area (Å²) in [5.41, 5.74) is 10.7. The molecule has 0 spiro atoms. The number of nitrogens with two attached hydrogens (primary N) is 1. The summed E-state index contributed by atoms with van der Waals surface area (Å²) >= 11 is 0. The van der Waals surface area contributed by atoms with Crippen molar-refractivity contribution in [2.45, 2.75) is 91.7 Å². The molecular formula is C41H57N7O8. The highest BCUT2D eigenvalue weighted by molar-refractivity contribution is 5.87. The van der Waals surface area contributed by atoms with E-state index in [-0.39, 0.29) is 19.5 Å². The number of esters is 1. The van der Waals surface area contributed by atoms with Gasteiger partial charge < -0.3 is 35.9 Å². The van der Waals surface area contributed by atoms with Gasteiger partial charge in [-0.05, 0) is 47.4 Å². The van der Waals surface area contributed by atoms with Crippen molar-refractivity contribution in [3.8, 4) is 11.3 Å². The van der Waals surface area contributed by atoms with Crippen LogP contribution in [0.1, 0.15) is 59.6 Å². The highest BCUT2D eigenvalue weighted by atomic mass is 16.6. The van der Waals surface area contributed by atoms with Crippen LogP contribution in [-0.4, -0.2) is 91.0 Å². The van der Waals surface area contributed by atoms with E-state index < -0.39 is 71.1 Å². The second kappa shape index (κ2) is 20.4. The van der Waals surface area contributed by atoms with Crippen LogP contribution in [0.3, 0.4) is 0 Å². The minimum absolute atomic E-state index is 0.107. The molecule has 15 heteroatoms. The van der Waals surface area contributed by atoms with Crippen LogP contribution in [0, 0.1) is 10.8 Å². The van der Waals surface area contributed by atoms with Crippen LogP contribution < -0.4 is 27.1 Å². The molecule has 3 rings (SSSR count). The minimum atomic E-state index is -1.12. The zero-order chi connectivity index (χ0) is 41.6. The fraction of sp³-hybridized carbons (Fsp3) is 0.463. The molecule has 0 unspecified atom stereocenters. The van der Waals surface area contributed by atoms with E-state index in [9.17, 15) is 24.0 Å². The Balaban J connectivity index is 2.12. The second-order valence-corrected chi connectivity index (χ2v) is 15.7. The maximum atomic E-state index is 14.1. The molecule has 304 valence electrons. The first-order valence-electron chi connectivity index (χ1n) is 18.4. The molecule has 4 amide bonds. The number of carbonyl (C=O) groups excluding carboxylic acids is 5. The van der Waals surface area contributed by atoms with Crippen molar-refractivity contribution in [1.29, 1.82) is 0 Å². The van der Waals surface area contributed by atoms with Crippen LogP contribution in [0.15, 0.2) is 79.0 Å². The number of benzene rings is 2. The Morgan fingerprint density at radius 1 is 0.732 bits per heavy atom. The van der Waals surface area contributed by atoms with Gasteiger partial charge in [-0.1, -0.05) is 102 Å². The average Bonchev–Trinajstić information content (AvgIpc) is 3.15. The number of amides is 4. The third kappa shape index (κ3) is 13.9. The van der Waals surface area contributed by atoms with Gasteiger partial charge in [-0.15, -0.1) is 0 Å². The molecule has 5 atom stereocenters. The molecule has 0 bridgehead atoms. The van der Waals surface area contributed by atoms with Crippen molar-refractivity contribution in [2.75, 3.05) is 20.8 Å². The van der Waals surface area contributed by atoms with Gasteiger partial charge in [-0.3, -0.25) is 24.8 Å². The molecule has 0 aliphatic heterocycles. The zero-order valence-corrected chi connectivity index (χ0v) is 33.8. The Bertz CT molecular complexity index is 1740. The number of methoxy groups -OCH3 is 2. The van der Waals surface area contributed by atoms with E-state index in [4.69, 9.17) is 19.9 Å². The third-order valence-electron chi connectivity index (χ3n) is 8.82. The highest BCUT2D eigenvalue weighted by Gasteiger charge is 2.39. The first-order valence-corrected chi connectivity index (χ1v) is 18.4. The van der Waals surface area contributed by atoms with Gasteiger partial charge in [0.1, 0.15) is 24.2 Å². The first-order chi connectivity index (χ1) is 26.3. The number of pyridine rings is 1. The van der Waals surface area contributed by atoms with Crippen molar-refractivity contribution < 1.29 is 38.2 Å². The van der Waals surface area contributed by atoms with Crippen molar-refractivity contribution in [3.63, 3.8) is 0 Å². The standard InChI is InChI=1S/C41H57N7O8/c1-26(42)37(51)56-32(31(23-27-15-11-10-12-16-27)44-35(49)33(40(2,3)4)45-38(52)54-8)25-48(47-36(50)34(41(5,6)7)46-39(53)55-9)24-28-18-20-29(21-19-28)30-17-13-14-22-43-30/h10-22,26,31-34H,23-25,42H2,1-9H3,(H,44,49)(H,45,52)(H,46,53)(H,47,50)/t26-,31-,32-,33+,34+/m0/s1. The lowest BCUT2D eigenvalue weighted by molar-refractivity contribution is -0.155. The Labute approximate surface area is 329 Å². The molecule has 0 saturated carbocycles. The summed E-state index contributed by atoms with van der Waals surface area (Å²) in [6, 6.07) is 18.4. The molecule has 0 aliphatic carbocycles. The van der Waals surface area contributed by atoms with Gasteiger partial charge in [0.25, 0.3) is 5.91 Å². The average molecular weight is 776 g/mol. The van der Waals surface area contributed by atoms with Crippen molar-refractivity contribution in [2.24, 2.45) is 16.6 Å². The smallest absolute Gasteiger partial charge is 0.407 e. The van der Waals surface area contributed by atoms with Crippen LogP contribution in [0.25, 0.3) is 11.3 Å². The summed E-state index contributed by atoms with van der Waals surface area (Å²) in [7, 11) is 2.41. The number of ether oxygens (including phenoxy) is 3. The Morgan fingerprint density at radius 2 is 1.29 bits per heavy atom. The van der Waals surface area contributed by atoms with Crippen LogP contribution in [0.2, 0.25) is 0 Å². The summed E-state index contributed by atoms with van der Waals surface area (Å²) in [4.78, 5) is 70.6. The number of alkyl carbamates (subject to hydrolysis) is 2. The SMILES string of the molecule is COC(=O)N[C@H](C(=O)N[C@@H](Cc1ccccc1)[C@H](CN(Cc1ccc(-c2ccccn2)cc1)NC(=O)[C@@H](NC(=O)OC)C(C)(C)C)OC(=O)[C@H](C)N)C(C)(C)C. The predicted octanol–water partition coefficient (Wildman–Crippen LogP) is 4.11. The molecule has 15 nitrogen and oxygen atoms in total. The lowest BCUT2D eigenvalue weighted by Crippen LogP contribution is -2.61. The van der Waals surface area contributed by atoms with Crippen LogP contribution in [0.5, 0.6) is 0 Å². The molecule has 2 aromatic carbocycles. The Morgan fingerprint density at radius 3 is 1.79 bits per heavy atom. The maximum absolute atomic E-state index is 14.1. The second-order valence-electron chi connectivity index (χ2n) is 15.7. The van der Waals surface area contributed by atoms with Crippen LogP contribution in [0.4, 0.5) is 9.59 Å². The molecule has 1 aromatic heterocycles. The number of carbonyl (C=O) groups is 5. The van der Waals surface area contributed by atoms with E-state index in [1.807, 2.05) is 72.8 Å². The lowest BCUT2D eigenvalue weighted by Gasteiger charge is -2.37. The van der Waals surface area contributed by atoms with E-state index in [0.29, 0.717) is 0 Å². The fourth-order valence-corrected chi connectivity index (χ4v) is 5.74. The first kappa shape index (κ1) is 44.9. The van der Waals surface area contributed by atoms with Crippen molar-refractivity contribution >= 4 is 30.0 Å². The topological polar surface area (TPSA) is 203 Å². The normalized spacial score (nSPS) is 14.3. The van der Waals surface area contributed by atoms with Gasteiger partial charge >= 0.3 is 18.2 Å². The van der Waals surface area contributed by atoms with Gasteiger partial charge in [-0.2, -0.15) is 0 Å². The van der Waals surface area contributed by atoms with E-state index in [2.05, 4.69) is 26.4 Å². The minimum Gasteiger partial charge on any atom is -0.458 e. The largest absolute Gasteiger partial charge is 0.458 e. The summed E-state index contributed by atoms with van der Waals surface area (Å²) < 4.78 is 15.7. The predicted molar refractivity (Wildman–Crippen MR) is 211 cm³/mol. The molecule has 56 heavy (non-hydrogen) atoms. The molecule has 0 radical (unpaired) electrons. The number of hydrazine groups is 1. The van der Waals surface area contributed by atoms with Crippen LogP contribution >= 0.6 is 0 Å². The summed E-state index contributed by atoms with van der Waals surface area (Å²) in [5.74, 6) is -1.86. The number of rotatable bonds is 16. The van der Waals surface area contributed by atoms with Gasteiger partial charge in [0.15, 0.2) is 0 Å². The molecule has 1 heterocycles. The van der Waals surface area contributed by atoms with Gasteiger partial charge in [0.05, 0.1) is 32.5 Å². The quantitative estimate of drug-likeness (QED) is 0.0796.